The van der Waals surface area contributed by atoms with Crippen molar-refractivity contribution in [1.29, 1.82) is 0 Å². The maximum Gasteiger partial charge on any atom is 0.264 e. The molecule has 3 aromatic carbocycles. The molecule has 0 aliphatic rings. The molecule has 32 heavy (non-hydrogen) atoms. The van der Waals surface area contributed by atoms with Gasteiger partial charge in [0.1, 0.15) is 0 Å². The molecule has 0 unspecified atom stereocenters. The first-order valence-electron chi connectivity index (χ1n) is 10.9. The first kappa shape index (κ1) is 25.8. The van der Waals surface area contributed by atoms with E-state index < -0.39 is 10.1 Å². The SMILES string of the molecule is COCCCCS(=O)(=O)O.Cc1ccc(Cc2ccc(Cc3ccc(C)cc3)cc2)cc1. The van der Waals surface area contributed by atoms with Crippen LogP contribution in [0.15, 0.2) is 72.8 Å². The van der Waals surface area contributed by atoms with E-state index in [0.29, 0.717) is 19.4 Å². The molecule has 0 saturated carbocycles. The molecule has 0 saturated heterocycles. The van der Waals surface area contributed by atoms with E-state index in [9.17, 15) is 8.42 Å². The molecule has 5 heteroatoms. The molecule has 0 heterocycles. The van der Waals surface area contributed by atoms with Crippen molar-refractivity contribution in [2.24, 2.45) is 0 Å². The maximum atomic E-state index is 10.1. The highest BCUT2D eigenvalue weighted by atomic mass is 32.2. The van der Waals surface area contributed by atoms with Gasteiger partial charge in [0.25, 0.3) is 10.1 Å². The fraction of sp³-hybridized carbons (Fsp3) is 0.333. The number of rotatable bonds is 9. The molecular formula is C27H34O4S. The minimum Gasteiger partial charge on any atom is -0.385 e. The van der Waals surface area contributed by atoms with Crippen LogP contribution < -0.4 is 0 Å². The predicted octanol–water partition coefficient (Wildman–Crippen LogP) is 5.79. The molecule has 0 bridgehead atoms. The number of hydrogen-bond acceptors (Lipinski definition) is 3. The Balaban J connectivity index is 0.000000309. The summed E-state index contributed by atoms with van der Waals surface area (Å²) >= 11 is 0. The van der Waals surface area contributed by atoms with E-state index in [0.717, 1.165) is 12.8 Å². The topological polar surface area (TPSA) is 63.6 Å². The van der Waals surface area contributed by atoms with Gasteiger partial charge in [-0.3, -0.25) is 4.55 Å². The molecule has 0 aliphatic carbocycles. The number of aryl methyl sites for hydroxylation is 2. The Kier molecular flexibility index (Phi) is 10.6. The van der Waals surface area contributed by atoms with Gasteiger partial charge in [-0.2, -0.15) is 8.42 Å². The highest BCUT2D eigenvalue weighted by Gasteiger charge is 2.02. The second-order valence-electron chi connectivity index (χ2n) is 8.13. The third-order valence-corrected chi connectivity index (χ3v) is 5.89. The lowest BCUT2D eigenvalue weighted by atomic mass is 9.99. The van der Waals surface area contributed by atoms with Crippen LogP contribution in [0, 0.1) is 13.8 Å². The summed E-state index contributed by atoms with van der Waals surface area (Å²) in [5.41, 5.74) is 8.12. The van der Waals surface area contributed by atoms with Gasteiger partial charge in [0.2, 0.25) is 0 Å². The Morgan fingerprint density at radius 3 is 1.31 bits per heavy atom. The lowest BCUT2D eigenvalue weighted by molar-refractivity contribution is 0.194. The van der Waals surface area contributed by atoms with Crippen LogP contribution in [0.25, 0.3) is 0 Å². The molecule has 0 fully saturated rings. The van der Waals surface area contributed by atoms with Crippen molar-refractivity contribution in [3.05, 3.63) is 106 Å². The van der Waals surface area contributed by atoms with Crippen molar-refractivity contribution in [1.82, 2.24) is 0 Å². The van der Waals surface area contributed by atoms with E-state index in [1.54, 1.807) is 7.11 Å². The van der Waals surface area contributed by atoms with E-state index in [-0.39, 0.29) is 5.75 Å². The number of hydrogen-bond donors (Lipinski definition) is 1. The van der Waals surface area contributed by atoms with Crippen LogP contribution in [0.2, 0.25) is 0 Å². The smallest absolute Gasteiger partial charge is 0.264 e. The van der Waals surface area contributed by atoms with E-state index in [1.807, 2.05) is 0 Å². The first-order chi connectivity index (χ1) is 15.2. The van der Waals surface area contributed by atoms with Crippen molar-refractivity contribution in [3.63, 3.8) is 0 Å². The Bertz CT molecular complexity index is 956. The molecule has 0 aromatic heterocycles. The molecule has 0 aliphatic heterocycles. The fourth-order valence-corrected chi connectivity index (χ4v) is 3.76. The Labute approximate surface area is 193 Å². The average Bonchev–Trinajstić information content (AvgIpc) is 2.76. The number of methoxy groups -OCH3 is 1. The van der Waals surface area contributed by atoms with Crippen LogP contribution in [-0.2, 0) is 27.7 Å². The zero-order valence-corrected chi connectivity index (χ0v) is 20.1. The second kappa shape index (κ2) is 13.2. The van der Waals surface area contributed by atoms with Crippen molar-refractivity contribution in [2.75, 3.05) is 19.5 Å². The Morgan fingerprint density at radius 2 is 1.00 bits per heavy atom. The normalized spacial score (nSPS) is 11.0. The molecule has 4 nitrogen and oxygen atoms in total. The first-order valence-corrected chi connectivity index (χ1v) is 12.5. The second-order valence-corrected chi connectivity index (χ2v) is 9.70. The van der Waals surface area contributed by atoms with Crippen LogP contribution in [-0.4, -0.2) is 32.4 Å². The minimum atomic E-state index is -3.76. The summed E-state index contributed by atoms with van der Waals surface area (Å²) in [4.78, 5) is 0. The van der Waals surface area contributed by atoms with Crippen LogP contribution in [0.4, 0.5) is 0 Å². The monoisotopic (exact) mass is 454 g/mol. The molecule has 3 rings (SSSR count). The summed E-state index contributed by atoms with van der Waals surface area (Å²) < 4.78 is 33.1. The fourth-order valence-electron chi connectivity index (χ4n) is 3.19. The maximum absolute atomic E-state index is 10.1. The van der Waals surface area contributed by atoms with Crippen LogP contribution in [0.3, 0.4) is 0 Å². The molecular weight excluding hydrogens is 420 g/mol. The zero-order valence-electron chi connectivity index (χ0n) is 19.3. The number of benzene rings is 3. The van der Waals surface area contributed by atoms with Crippen molar-refractivity contribution in [3.8, 4) is 0 Å². The van der Waals surface area contributed by atoms with Crippen molar-refractivity contribution >= 4 is 10.1 Å². The summed E-state index contributed by atoms with van der Waals surface area (Å²) in [5.74, 6) is -0.170. The van der Waals surface area contributed by atoms with E-state index in [4.69, 9.17) is 4.55 Å². The highest BCUT2D eigenvalue weighted by molar-refractivity contribution is 7.85. The van der Waals surface area contributed by atoms with Crippen molar-refractivity contribution in [2.45, 2.75) is 39.5 Å². The molecule has 0 atom stereocenters. The minimum absolute atomic E-state index is 0.170. The Morgan fingerprint density at radius 1 is 0.656 bits per heavy atom. The summed E-state index contributed by atoms with van der Waals surface area (Å²) in [7, 11) is -2.21. The van der Waals surface area contributed by atoms with Gasteiger partial charge in [0.05, 0.1) is 5.75 Å². The van der Waals surface area contributed by atoms with E-state index in [2.05, 4.69) is 91.4 Å². The van der Waals surface area contributed by atoms with Gasteiger partial charge >= 0.3 is 0 Å². The van der Waals surface area contributed by atoms with Crippen LogP contribution >= 0.6 is 0 Å². The lowest BCUT2D eigenvalue weighted by Crippen LogP contribution is -2.04. The van der Waals surface area contributed by atoms with Gasteiger partial charge in [0, 0.05) is 13.7 Å². The summed E-state index contributed by atoms with van der Waals surface area (Å²) in [6, 6.07) is 26.6. The van der Waals surface area contributed by atoms with E-state index in [1.165, 1.54) is 33.4 Å². The quantitative estimate of drug-likeness (QED) is 0.328. The third-order valence-electron chi connectivity index (χ3n) is 5.08. The van der Waals surface area contributed by atoms with Crippen molar-refractivity contribution < 1.29 is 17.7 Å². The summed E-state index contributed by atoms with van der Waals surface area (Å²) in [6.45, 7) is 4.79. The van der Waals surface area contributed by atoms with Crippen LogP contribution in [0.1, 0.15) is 46.2 Å². The van der Waals surface area contributed by atoms with Gasteiger partial charge in [-0.15, -0.1) is 0 Å². The standard InChI is InChI=1S/C22H22.C5H12O4S/c1-17-3-7-19(8-4-17)15-21-11-13-22(14-12-21)16-20-9-5-18(2)6-10-20;1-9-4-2-3-5-10(6,7)8/h3-14H,15-16H2,1-2H3;2-5H2,1H3,(H,6,7,8). The Hall–Kier alpha value is -2.47. The highest BCUT2D eigenvalue weighted by Crippen LogP contribution is 2.15. The molecule has 0 spiro atoms. The largest absolute Gasteiger partial charge is 0.385 e. The lowest BCUT2D eigenvalue weighted by Gasteiger charge is -2.06. The van der Waals surface area contributed by atoms with Crippen LogP contribution in [0.5, 0.6) is 0 Å². The zero-order chi connectivity index (χ0) is 23.4. The van der Waals surface area contributed by atoms with Gasteiger partial charge in [0.15, 0.2) is 0 Å². The molecule has 0 amide bonds. The molecule has 0 radical (unpaired) electrons. The predicted molar refractivity (Wildman–Crippen MR) is 132 cm³/mol. The molecule has 1 N–H and O–H groups in total. The summed E-state index contributed by atoms with van der Waals surface area (Å²) in [6.07, 6.45) is 3.12. The molecule has 172 valence electrons. The number of ether oxygens (including phenoxy) is 1. The number of unbranched alkanes of at least 4 members (excludes halogenated alkanes) is 1. The summed E-state index contributed by atoms with van der Waals surface area (Å²) in [5, 5.41) is 0. The average molecular weight is 455 g/mol. The van der Waals surface area contributed by atoms with Gasteiger partial charge in [-0.25, -0.2) is 0 Å². The third kappa shape index (κ3) is 10.7. The van der Waals surface area contributed by atoms with Gasteiger partial charge < -0.3 is 4.74 Å². The van der Waals surface area contributed by atoms with Gasteiger partial charge in [-0.1, -0.05) is 83.9 Å². The van der Waals surface area contributed by atoms with Gasteiger partial charge in [-0.05, 0) is 61.8 Å². The molecule has 3 aromatic rings. The van der Waals surface area contributed by atoms with E-state index >= 15 is 0 Å².